The summed E-state index contributed by atoms with van der Waals surface area (Å²) in [6, 6.07) is 15.5. The van der Waals surface area contributed by atoms with Crippen LogP contribution in [0.2, 0.25) is 0 Å². The molecule has 2 fully saturated rings. The Morgan fingerprint density at radius 3 is 2.18 bits per heavy atom. The van der Waals surface area contributed by atoms with Crippen LogP contribution in [-0.4, -0.2) is 86.3 Å². The quantitative estimate of drug-likeness (QED) is 0.172. The average molecular weight is 838 g/mol. The van der Waals surface area contributed by atoms with Crippen molar-refractivity contribution in [2.45, 2.75) is 89.6 Å². The molecule has 2 aromatic carbocycles. The number of imidazole rings is 2. The van der Waals surface area contributed by atoms with Gasteiger partial charge in [0.15, 0.2) is 0 Å². The number of aromatic nitrogens is 4. The van der Waals surface area contributed by atoms with Gasteiger partial charge in [-0.1, -0.05) is 60.7 Å². The van der Waals surface area contributed by atoms with Gasteiger partial charge in [0.25, 0.3) is 0 Å². The lowest BCUT2D eigenvalue weighted by molar-refractivity contribution is -0.134. The summed E-state index contributed by atoms with van der Waals surface area (Å²) >= 11 is 0. The van der Waals surface area contributed by atoms with Crippen LogP contribution in [-0.2, 0) is 25.6 Å². The highest BCUT2D eigenvalue weighted by molar-refractivity contribution is 7.59. The number of carbonyl (C=O) groups is 3. The van der Waals surface area contributed by atoms with Crippen LogP contribution >= 0.6 is 40.5 Å². The summed E-state index contributed by atoms with van der Waals surface area (Å²) in [4.78, 5) is 59.0. The number of nitrogens with one attached hydrogen (secondary N) is 3. The van der Waals surface area contributed by atoms with Crippen molar-refractivity contribution in [3.8, 4) is 33.6 Å². The maximum atomic E-state index is 13.8. The molecule has 3 aliphatic rings. The second-order valence-electron chi connectivity index (χ2n) is 15.1. The third-order valence-electron chi connectivity index (χ3n) is 10.2. The molecule has 2 saturated heterocycles. The van der Waals surface area contributed by atoms with E-state index in [0.29, 0.717) is 45.0 Å². The Morgan fingerprint density at radius 1 is 0.842 bits per heavy atom. The first kappa shape index (κ1) is 45.3. The summed E-state index contributed by atoms with van der Waals surface area (Å²) in [6.07, 6.45) is 9.21. The van der Waals surface area contributed by atoms with Gasteiger partial charge in [0, 0.05) is 18.7 Å². The highest BCUT2D eigenvalue weighted by Gasteiger charge is 2.37. The number of rotatable bonds is 5. The number of likely N-dealkylation sites (tertiary alicyclic amines) is 1. The van der Waals surface area contributed by atoms with Crippen LogP contribution in [0, 0.1) is 0 Å². The molecule has 13 nitrogen and oxygen atoms in total. The highest BCUT2D eigenvalue weighted by Crippen LogP contribution is 2.36. The molecule has 2 bridgehead atoms. The molecule has 3 aliphatic heterocycles. The number of allylic oxidation sites excluding steroid dienone is 1. The van der Waals surface area contributed by atoms with Crippen molar-refractivity contribution in [2.24, 2.45) is 0 Å². The van der Waals surface area contributed by atoms with Gasteiger partial charge in [0.1, 0.15) is 23.3 Å². The van der Waals surface area contributed by atoms with Gasteiger partial charge in [0.2, 0.25) is 5.91 Å². The monoisotopic (exact) mass is 837 g/mol. The van der Waals surface area contributed by atoms with Gasteiger partial charge in [-0.25, -0.2) is 19.6 Å². The molecule has 0 unspecified atom stereocenters. The van der Waals surface area contributed by atoms with E-state index in [1.165, 1.54) is 7.11 Å². The van der Waals surface area contributed by atoms with Crippen molar-refractivity contribution in [1.82, 2.24) is 35.1 Å². The first-order valence-electron chi connectivity index (χ1n) is 18.8. The summed E-state index contributed by atoms with van der Waals surface area (Å²) in [5, 5.41) is 2.73. The Bertz CT molecular complexity index is 1990. The fourth-order valence-electron chi connectivity index (χ4n) is 7.49. The van der Waals surface area contributed by atoms with Gasteiger partial charge >= 0.3 is 12.2 Å². The number of hydrogen-bond donors (Lipinski definition) is 3. The lowest BCUT2D eigenvalue weighted by atomic mass is 10.0. The SMILES string of the molecule is COC(=O)N[C@H]1CCC=CCOCc2[nH]c(nc2-c2ccc(-c3ccc(-c4cnc([C@@H]5CCCN5C(=O)OC(C)(C)C)[nH]4)cc3)cc2)[C@@H]2CCCN2C1=O.S.S.S. The second kappa shape index (κ2) is 19.9. The molecule has 0 spiro atoms. The number of ether oxygens (including phenoxy) is 3. The van der Waals surface area contributed by atoms with Gasteiger partial charge in [-0.15, -0.1) is 0 Å². The van der Waals surface area contributed by atoms with Crippen LogP contribution in [0.15, 0.2) is 66.9 Å². The Labute approximate surface area is 355 Å². The van der Waals surface area contributed by atoms with Crippen LogP contribution in [0.25, 0.3) is 33.6 Å². The van der Waals surface area contributed by atoms with Crippen molar-refractivity contribution in [3.63, 3.8) is 0 Å². The third kappa shape index (κ3) is 10.6. The summed E-state index contributed by atoms with van der Waals surface area (Å²) in [7, 11) is 1.30. The number of hydrogen-bond acceptors (Lipinski definition) is 8. The van der Waals surface area contributed by atoms with Crippen molar-refractivity contribution in [3.05, 3.63) is 84.2 Å². The predicted molar refractivity (Wildman–Crippen MR) is 234 cm³/mol. The van der Waals surface area contributed by atoms with E-state index in [4.69, 9.17) is 19.2 Å². The number of aromatic amines is 2. The fraction of sp³-hybridized carbons (Fsp3) is 0.439. The van der Waals surface area contributed by atoms with Crippen LogP contribution in [0.3, 0.4) is 0 Å². The van der Waals surface area contributed by atoms with Crippen LogP contribution in [0.1, 0.15) is 88.7 Å². The van der Waals surface area contributed by atoms with E-state index < -0.39 is 17.7 Å². The summed E-state index contributed by atoms with van der Waals surface area (Å²) in [6.45, 7) is 7.62. The molecule has 0 saturated carbocycles. The molecule has 2 aromatic heterocycles. The zero-order valence-electron chi connectivity index (χ0n) is 32.9. The minimum absolute atomic E-state index is 0. The van der Waals surface area contributed by atoms with Crippen LogP contribution < -0.4 is 5.32 Å². The number of alkyl carbamates (subject to hydrolysis) is 1. The minimum Gasteiger partial charge on any atom is -0.453 e. The predicted octanol–water partition coefficient (Wildman–Crippen LogP) is 7.80. The Hall–Kier alpha value is -4.38. The normalized spacial score (nSPS) is 19.6. The number of benzene rings is 2. The van der Waals surface area contributed by atoms with Gasteiger partial charge < -0.3 is 34.4 Å². The average Bonchev–Trinajstić information content (AvgIpc) is 3.99. The molecule has 57 heavy (non-hydrogen) atoms. The van der Waals surface area contributed by atoms with Gasteiger partial charge in [-0.05, 0) is 76.0 Å². The van der Waals surface area contributed by atoms with Crippen LogP contribution in [0.4, 0.5) is 9.59 Å². The Balaban J connectivity index is 0.00000240. The zero-order chi connectivity index (χ0) is 37.8. The van der Waals surface area contributed by atoms with E-state index in [0.717, 1.165) is 70.8 Å². The molecular formula is C41H55N7O6S3. The summed E-state index contributed by atoms with van der Waals surface area (Å²) < 4.78 is 16.5. The number of H-pyrrole nitrogens is 2. The largest absolute Gasteiger partial charge is 0.453 e. The topological polar surface area (TPSA) is 155 Å². The van der Waals surface area contributed by atoms with E-state index >= 15 is 0 Å². The molecule has 16 heteroatoms. The zero-order valence-corrected chi connectivity index (χ0v) is 35.9. The van der Waals surface area contributed by atoms with Gasteiger partial charge in [-0.2, -0.15) is 40.5 Å². The van der Waals surface area contributed by atoms with Crippen molar-refractivity contribution in [1.29, 1.82) is 0 Å². The molecule has 0 aliphatic carbocycles. The van der Waals surface area contributed by atoms with Crippen LogP contribution in [0.5, 0.6) is 0 Å². The van der Waals surface area contributed by atoms with Gasteiger partial charge in [-0.3, -0.25) is 9.69 Å². The molecule has 0 radical (unpaired) electrons. The number of carbonyl (C=O) groups excluding carboxylic acids is 3. The maximum Gasteiger partial charge on any atom is 0.410 e. The van der Waals surface area contributed by atoms with Crippen molar-refractivity contribution < 1.29 is 28.6 Å². The number of methoxy groups -OCH3 is 1. The molecule has 308 valence electrons. The van der Waals surface area contributed by atoms with Crippen molar-refractivity contribution in [2.75, 3.05) is 26.8 Å². The van der Waals surface area contributed by atoms with E-state index in [1.807, 2.05) is 44.0 Å². The smallest absolute Gasteiger partial charge is 0.410 e. The highest BCUT2D eigenvalue weighted by atomic mass is 32.1. The van der Waals surface area contributed by atoms with E-state index in [2.05, 4.69) is 68.8 Å². The second-order valence-corrected chi connectivity index (χ2v) is 15.1. The fourth-order valence-corrected chi connectivity index (χ4v) is 7.49. The molecule has 4 aromatic rings. The lowest BCUT2D eigenvalue weighted by Gasteiger charge is -2.28. The molecular weight excluding hydrogens is 783 g/mol. The van der Waals surface area contributed by atoms with E-state index in [9.17, 15) is 14.4 Å². The standard InChI is InChI=1S/C41H49N7O6.3H2S/c1-41(2,3)54-40(51)48-22-9-11-33(48)36-42-24-31(43-36)28-17-13-26(14-18-28)27-15-19-29(20-16-27)35-32-25-53-23-7-5-6-10-30(45-39(50)52-4)38(49)47-21-8-12-34(47)37(44-32)46-35;;;/h5,7,13-20,24,30,33-34H,6,8-12,21-23,25H2,1-4H3,(H,42,43)(H,44,46)(H,45,50);3*1H2/t30-,33-,34-;;;/m0.../s1. The molecule has 3 atom stereocenters. The first-order chi connectivity index (χ1) is 26.1. The number of amides is 3. The third-order valence-corrected chi connectivity index (χ3v) is 10.2. The molecule has 3 N–H and O–H groups in total. The number of fused-ring (bicyclic) bond motifs is 4. The minimum atomic E-state index is -0.701. The van der Waals surface area contributed by atoms with E-state index in [1.54, 1.807) is 4.90 Å². The van der Waals surface area contributed by atoms with Gasteiger partial charge in [0.05, 0.1) is 55.7 Å². The molecule has 7 rings (SSSR count). The number of nitrogens with zero attached hydrogens (tertiary/aromatic N) is 4. The first-order valence-corrected chi connectivity index (χ1v) is 18.8. The Kier molecular flexibility index (Phi) is 15.8. The summed E-state index contributed by atoms with van der Waals surface area (Å²) in [5.41, 5.74) is 6.04. The Morgan fingerprint density at radius 2 is 1.49 bits per heavy atom. The van der Waals surface area contributed by atoms with Crippen molar-refractivity contribution >= 4 is 58.6 Å². The lowest BCUT2D eigenvalue weighted by Crippen LogP contribution is -2.48. The van der Waals surface area contributed by atoms with E-state index in [-0.39, 0.29) is 64.6 Å². The molecule has 5 heterocycles. The summed E-state index contributed by atoms with van der Waals surface area (Å²) in [5.74, 6) is 1.35. The maximum absolute atomic E-state index is 13.8. The molecule has 3 amide bonds.